The predicted octanol–water partition coefficient (Wildman–Crippen LogP) is 7.13. The van der Waals surface area contributed by atoms with Crippen LogP contribution in [0.1, 0.15) is 109 Å². The summed E-state index contributed by atoms with van der Waals surface area (Å²) in [4.78, 5) is 85.5. The predicted molar refractivity (Wildman–Crippen MR) is 197 cm³/mol. The highest BCUT2D eigenvalue weighted by atomic mass is 17.3. The Kier molecular flexibility index (Phi) is 26.6. The molecule has 0 aromatic rings. The Morgan fingerprint density at radius 2 is 0.509 bits per heavy atom. The van der Waals surface area contributed by atoms with Gasteiger partial charge in [-0.2, -0.15) is 19.6 Å². The van der Waals surface area contributed by atoms with E-state index in [2.05, 4.69) is 19.6 Å². The Morgan fingerprint density at radius 1 is 0.316 bits per heavy atom. The van der Waals surface area contributed by atoms with Gasteiger partial charge in [-0.15, -0.1) is 0 Å². The smallest absolute Gasteiger partial charge is 0.432 e. The van der Waals surface area contributed by atoms with Crippen molar-refractivity contribution in [3.63, 3.8) is 0 Å². The van der Waals surface area contributed by atoms with E-state index in [0.29, 0.717) is 25.7 Å². The summed E-state index contributed by atoms with van der Waals surface area (Å²) in [5.74, 6) is 0. The summed E-state index contributed by atoms with van der Waals surface area (Å²) in [5, 5.41) is 0. The van der Waals surface area contributed by atoms with Crippen molar-refractivity contribution >= 4 is 24.6 Å². The zero-order valence-electron chi connectivity index (χ0n) is 36.0. The van der Waals surface area contributed by atoms with Crippen molar-refractivity contribution in [2.45, 2.75) is 131 Å². The average molecular weight is 833 g/mol. The molecule has 0 amide bonds. The molecule has 336 valence electrons. The van der Waals surface area contributed by atoms with Gasteiger partial charge in [0.05, 0.1) is 58.3 Å². The number of rotatable bonds is 28. The van der Waals surface area contributed by atoms with Gasteiger partial charge < -0.3 is 37.9 Å². The molecule has 0 aliphatic heterocycles. The van der Waals surface area contributed by atoms with Gasteiger partial charge >= 0.3 is 24.6 Å². The molecule has 0 fully saturated rings. The summed E-state index contributed by atoms with van der Waals surface area (Å²) in [6, 6.07) is 0. The maximum Gasteiger partial charge on any atom is 0.540 e. The first kappa shape index (κ1) is 53.8. The Morgan fingerprint density at radius 3 is 0.684 bits per heavy atom. The largest absolute Gasteiger partial charge is 0.540 e. The van der Waals surface area contributed by atoms with Crippen LogP contribution in [0.5, 0.6) is 0 Å². The molecule has 0 unspecified atom stereocenters. The van der Waals surface area contributed by atoms with Crippen LogP contribution in [0, 0.1) is 5.41 Å². The standard InChI is InChI=1S/C37H68O20/c1-33(2,3)54-50-29(38)46-21-13-17-42-25-37(26-43-18-14-22-47-30(39)51-55-34(4,5)6,27-44-19-15-23-48-31(40)52-56-35(7,8)9)28-45-20-16-24-49-32(41)53-57-36(10,11)12/h13-28H2,1-12H3. The normalized spacial score (nSPS) is 12.4. The molecular formula is C37H68O20. The fraction of sp³-hybridized carbons (Fsp3) is 0.892. The highest BCUT2D eigenvalue weighted by Crippen LogP contribution is 2.22. The Bertz CT molecular complexity index is 929. The molecule has 57 heavy (non-hydrogen) atoms. The molecule has 0 N–H and O–H groups in total. The highest BCUT2D eigenvalue weighted by Gasteiger charge is 2.33. The van der Waals surface area contributed by atoms with Crippen LogP contribution in [-0.4, -0.2) is 126 Å². The van der Waals surface area contributed by atoms with E-state index >= 15 is 0 Å². The van der Waals surface area contributed by atoms with Crippen molar-refractivity contribution in [1.82, 2.24) is 0 Å². The van der Waals surface area contributed by atoms with Gasteiger partial charge in [0.25, 0.3) is 0 Å². The van der Waals surface area contributed by atoms with Crippen LogP contribution in [0.2, 0.25) is 0 Å². The molecule has 0 aliphatic rings. The maximum absolute atomic E-state index is 11.8. The fourth-order valence-corrected chi connectivity index (χ4v) is 3.40. The van der Waals surface area contributed by atoms with Gasteiger partial charge in [-0.1, -0.05) is 0 Å². The first-order valence-corrected chi connectivity index (χ1v) is 18.8. The van der Waals surface area contributed by atoms with E-state index < -0.39 is 52.4 Å². The molecule has 0 saturated carbocycles. The van der Waals surface area contributed by atoms with E-state index in [-0.39, 0.29) is 79.3 Å². The zero-order chi connectivity index (χ0) is 43.4. The van der Waals surface area contributed by atoms with Gasteiger partial charge in [0.1, 0.15) is 22.4 Å². The van der Waals surface area contributed by atoms with Gasteiger partial charge in [-0.05, 0) is 83.1 Å². The monoisotopic (exact) mass is 832 g/mol. The Labute approximate surface area is 336 Å². The van der Waals surface area contributed by atoms with Gasteiger partial charge in [0, 0.05) is 52.1 Å². The van der Waals surface area contributed by atoms with E-state index in [4.69, 9.17) is 57.4 Å². The Hall–Kier alpha value is -3.24. The van der Waals surface area contributed by atoms with Gasteiger partial charge in [-0.25, -0.2) is 19.2 Å². The Balaban J connectivity index is 5.39. The van der Waals surface area contributed by atoms with Crippen LogP contribution in [-0.2, 0) is 77.0 Å². The van der Waals surface area contributed by atoms with Crippen molar-refractivity contribution in [3.8, 4) is 0 Å². The minimum atomic E-state index is -0.980. The summed E-state index contributed by atoms with van der Waals surface area (Å²) in [6.07, 6.45) is -2.61. The third-order valence-electron chi connectivity index (χ3n) is 5.68. The average Bonchev–Trinajstić information content (AvgIpc) is 3.09. The quantitative estimate of drug-likeness (QED) is 0.0252. The molecule has 0 spiro atoms. The minimum absolute atomic E-state index is 0.00147. The molecule has 0 bridgehead atoms. The molecule has 0 radical (unpaired) electrons. The number of carbonyl (C=O) groups excluding carboxylic acids is 4. The van der Waals surface area contributed by atoms with E-state index in [1.807, 2.05) is 0 Å². The molecule has 0 heterocycles. The second kappa shape index (κ2) is 28.2. The van der Waals surface area contributed by atoms with Gasteiger partial charge in [-0.3, -0.25) is 19.6 Å². The summed E-state index contributed by atoms with van der Waals surface area (Å²) in [7, 11) is 0. The van der Waals surface area contributed by atoms with Crippen molar-refractivity contribution in [2.75, 3.05) is 79.3 Å². The van der Waals surface area contributed by atoms with Crippen LogP contribution in [0.3, 0.4) is 0 Å². The van der Waals surface area contributed by atoms with Gasteiger partial charge in [0.2, 0.25) is 0 Å². The first-order chi connectivity index (χ1) is 26.4. The molecular weight excluding hydrogens is 764 g/mol. The molecule has 0 saturated heterocycles. The summed E-state index contributed by atoms with van der Waals surface area (Å²) < 4.78 is 44.0. The number of ether oxygens (including phenoxy) is 8. The SMILES string of the molecule is CC(C)(C)OOC(=O)OCCCOCC(COCCCOC(=O)OOC(C)(C)C)(COCCCOC(=O)OOC(C)(C)C)COCCCOC(=O)OOC(C)(C)C. The lowest BCUT2D eigenvalue weighted by atomic mass is 9.92. The van der Waals surface area contributed by atoms with E-state index in [1.54, 1.807) is 83.1 Å². The van der Waals surface area contributed by atoms with E-state index in [0.717, 1.165) is 0 Å². The summed E-state index contributed by atoms with van der Waals surface area (Å²) in [6.45, 7) is 21.6. The third-order valence-corrected chi connectivity index (χ3v) is 5.68. The number of hydrogen-bond donors (Lipinski definition) is 0. The lowest BCUT2D eigenvalue weighted by Crippen LogP contribution is -2.42. The van der Waals surface area contributed by atoms with Crippen LogP contribution >= 0.6 is 0 Å². The van der Waals surface area contributed by atoms with Gasteiger partial charge in [0.15, 0.2) is 0 Å². The minimum Gasteiger partial charge on any atom is -0.432 e. The lowest BCUT2D eigenvalue weighted by Gasteiger charge is -2.33. The van der Waals surface area contributed by atoms with Crippen LogP contribution in [0.25, 0.3) is 0 Å². The number of hydrogen-bond acceptors (Lipinski definition) is 20. The molecule has 0 aromatic heterocycles. The molecule has 0 rings (SSSR count). The topological polar surface area (TPSA) is 216 Å². The summed E-state index contributed by atoms with van der Waals surface area (Å²) in [5.41, 5.74) is -3.68. The second-order valence-corrected chi connectivity index (χ2v) is 16.6. The van der Waals surface area contributed by atoms with E-state index in [1.165, 1.54) is 0 Å². The lowest BCUT2D eigenvalue weighted by molar-refractivity contribution is -0.312. The second-order valence-electron chi connectivity index (χ2n) is 16.6. The third kappa shape index (κ3) is 36.8. The molecule has 20 nitrogen and oxygen atoms in total. The van der Waals surface area contributed by atoms with Crippen LogP contribution in [0.15, 0.2) is 0 Å². The van der Waals surface area contributed by atoms with Crippen molar-refractivity contribution < 1.29 is 96.2 Å². The highest BCUT2D eigenvalue weighted by molar-refractivity contribution is 5.59. The molecule has 0 aliphatic carbocycles. The summed E-state index contributed by atoms with van der Waals surface area (Å²) >= 11 is 0. The molecule has 20 heteroatoms. The number of carbonyl (C=O) groups is 4. The van der Waals surface area contributed by atoms with Crippen molar-refractivity contribution in [3.05, 3.63) is 0 Å². The van der Waals surface area contributed by atoms with Crippen LogP contribution in [0.4, 0.5) is 19.2 Å². The molecule has 0 aromatic carbocycles. The van der Waals surface area contributed by atoms with Crippen LogP contribution < -0.4 is 0 Å². The van der Waals surface area contributed by atoms with Crippen molar-refractivity contribution in [2.24, 2.45) is 5.41 Å². The maximum atomic E-state index is 11.8. The first-order valence-electron chi connectivity index (χ1n) is 18.8. The van der Waals surface area contributed by atoms with E-state index in [9.17, 15) is 19.2 Å². The molecule has 0 atom stereocenters. The zero-order valence-corrected chi connectivity index (χ0v) is 36.0. The van der Waals surface area contributed by atoms with Crippen molar-refractivity contribution in [1.29, 1.82) is 0 Å². The fourth-order valence-electron chi connectivity index (χ4n) is 3.40.